The Kier molecular flexibility index (Phi) is 5.49. The number of halogens is 1. The molecule has 3 aromatic carbocycles. The lowest BCUT2D eigenvalue weighted by molar-refractivity contribution is -0.122. The molecular weight excluding hydrogens is 386 g/mol. The summed E-state index contributed by atoms with van der Waals surface area (Å²) in [6, 6.07) is 24.4. The normalized spacial score (nSPS) is 16.0. The highest BCUT2D eigenvalue weighted by molar-refractivity contribution is 6.30. The van der Waals surface area contributed by atoms with Crippen molar-refractivity contribution in [1.82, 2.24) is 0 Å². The zero-order valence-corrected chi connectivity index (χ0v) is 16.4. The molecule has 4 rings (SSSR count). The third kappa shape index (κ3) is 4.58. The highest BCUT2D eigenvalue weighted by Crippen LogP contribution is 2.27. The molecule has 0 aliphatic carbocycles. The Morgan fingerprint density at radius 1 is 0.862 bits per heavy atom. The first-order valence-corrected chi connectivity index (χ1v) is 9.75. The van der Waals surface area contributed by atoms with E-state index in [1.807, 2.05) is 54.6 Å². The predicted molar refractivity (Wildman–Crippen MR) is 117 cm³/mol. The summed E-state index contributed by atoms with van der Waals surface area (Å²) in [5.74, 6) is -0.603. The molecule has 1 atom stereocenters. The van der Waals surface area contributed by atoms with Crippen LogP contribution in [0, 0.1) is 5.92 Å². The fourth-order valence-electron chi connectivity index (χ4n) is 3.32. The number of anilines is 4. The first-order valence-electron chi connectivity index (χ1n) is 9.37. The Bertz CT molecular complexity index is 1000. The maximum absolute atomic E-state index is 12.6. The number of benzene rings is 3. The number of rotatable bonds is 5. The molecule has 1 aliphatic rings. The van der Waals surface area contributed by atoms with Gasteiger partial charge < -0.3 is 15.5 Å². The summed E-state index contributed by atoms with van der Waals surface area (Å²) < 4.78 is 0. The van der Waals surface area contributed by atoms with Crippen LogP contribution in [-0.2, 0) is 9.59 Å². The largest absolute Gasteiger partial charge is 0.356 e. The maximum Gasteiger partial charge on any atom is 0.229 e. The van der Waals surface area contributed by atoms with Crippen molar-refractivity contribution in [3.8, 4) is 0 Å². The van der Waals surface area contributed by atoms with Gasteiger partial charge in [-0.2, -0.15) is 0 Å². The van der Waals surface area contributed by atoms with Gasteiger partial charge in [-0.05, 0) is 60.7 Å². The van der Waals surface area contributed by atoms with Crippen molar-refractivity contribution in [3.05, 3.63) is 83.9 Å². The van der Waals surface area contributed by atoms with Crippen LogP contribution in [0.15, 0.2) is 78.9 Å². The van der Waals surface area contributed by atoms with Crippen LogP contribution in [0.2, 0.25) is 5.02 Å². The second-order valence-corrected chi connectivity index (χ2v) is 7.38. The standard InChI is InChI=1S/C23H20ClN3O2/c24-17-6-12-21(13-7-17)27-15-16(14-22(27)28)23(29)26-20-10-8-19(9-11-20)25-18-4-2-1-3-5-18/h1-13,16,25H,14-15H2,(H,26,29). The topological polar surface area (TPSA) is 61.4 Å². The number of hydrogen-bond acceptors (Lipinski definition) is 3. The van der Waals surface area contributed by atoms with Gasteiger partial charge in [0.05, 0.1) is 5.92 Å². The number of nitrogens with one attached hydrogen (secondary N) is 2. The molecule has 1 unspecified atom stereocenters. The molecule has 1 saturated heterocycles. The van der Waals surface area contributed by atoms with Gasteiger partial charge in [0.15, 0.2) is 0 Å². The molecule has 146 valence electrons. The van der Waals surface area contributed by atoms with E-state index in [2.05, 4.69) is 10.6 Å². The third-order valence-electron chi connectivity index (χ3n) is 4.85. The van der Waals surface area contributed by atoms with Crippen LogP contribution in [0.4, 0.5) is 22.7 Å². The average molecular weight is 406 g/mol. The molecule has 0 bridgehead atoms. The summed E-state index contributed by atoms with van der Waals surface area (Å²) in [5, 5.41) is 6.82. The first-order chi connectivity index (χ1) is 14.1. The van der Waals surface area contributed by atoms with E-state index in [1.54, 1.807) is 29.2 Å². The lowest BCUT2D eigenvalue weighted by Gasteiger charge is -2.17. The molecular formula is C23H20ClN3O2. The zero-order chi connectivity index (χ0) is 20.2. The van der Waals surface area contributed by atoms with Gasteiger partial charge in [-0.3, -0.25) is 9.59 Å². The van der Waals surface area contributed by atoms with Gasteiger partial charge in [-0.25, -0.2) is 0 Å². The second kappa shape index (κ2) is 8.37. The molecule has 0 aromatic heterocycles. The van der Waals surface area contributed by atoms with E-state index >= 15 is 0 Å². The molecule has 3 aromatic rings. The Labute approximate surface area is 174 Å². The van der Waals surface area contributed by atoms with Crippen LogP contribution in [0.5, 0.6) is 0 Å². The molecule has 1 aliphatic heterocycles. The van der Waals surface area contributed by atoms with E-state index < -0.39 is 0 Å². The highest BCUT2D eigenvalue weighted by Gasteiger charge is 2.35. The van der Waals surface area contributed by atoms with Crippen LogP contribution in [0.25, 0.3) is 0 Å². The van der Waals surface area contributed by atoms with Gasteiger partial charge in [-0.1, -0.05) is 29.8 Å². The van der Waals surface area contributed by atoms with Crippen LogP contribution < -0.4 is 15.5 Å². The SMILES string of the molecule is O=C(Nc1ccc(Nc2ccccc2)cc1)C1CC(=O)N(c2ccc(Cl)cc2)C1. The van der Waals surface area contributed by atoms with Crippen molar-refractivity contribution in [3.63, 3.8) is 0 Å². The highest BCUT2D eigenvalue weighted by atomic mass is 35.5. The Balaban J connectivity index is 1.37. The van der Waals surface area contributed by atoms with Crippen molar-refractivity contribution in [2.45, 2.75) is 6.42 Å². The minimum absolute atomic E-state index is 0.0603. The van der Waals surface area contributed by atoms with Crippen LogP contribution in [-0.4, -0.2) is 18.4 Å². The molecule has 0 saturated carbocycles. The number of carbonyl (C=O) groups excluding carboxylic acids is 2. The summed E-state index contributed by atoms with van der Waals surface area (Å²) in [5.41, 5.74) is 3.38. The van der Waals surface area contributed by atoms with Crippen molar-refractivity contribution in [1.29, 1.82) is 0 Å². The monoisotopic (exact) mass is 405 g/mol. The molecule has 1 fully saturated rings. The predicted octanol–water partition coefficient (Wildman–Crippen LogP) is 5.08. The van der Waals surface area contributed by atoms with Crippen molar-refractivity contribution < 1.29 is 9.59 Å². The zero-order valence-electron chi connectivity index (χ0n) is 15.6. The van der Waals surface area contributed by atoms with Crippen molar-refractivity contribution >= 4 is 46.2 Å². The molecule has 2 N–H and O–H groups in total. The maximum atomic E-state index is 12.6. The molecule has 1 heterocycles. The molecule has 0 spiro atoms. The van der Waals surface area contributed by atoms with Gasteiger partial charge in [0.2, 0.25) is 11.8 Å². The molecule has 6 heteroatoms. The number of carbonyl (C=O) groups is 2. The van der Waals surface area contributed by atoms with Gasteiger partial charge in [0.25, 0.3) is 0 Å². The van der Waals surface area contributed by atoms with E-state index in [4.69, 9.17) is 11.6 Å². The molecule has 0 radical (unpaired) electrons. The number of amides is 2. The fourth-order valence-corrected chi connectivity index (χ4v) is 3.45. The van der Waals surface area contributed by atoms with E-state index in [9.17, 15) is 9.59 Å². The van der Waals surface area contributed by atoms with Crippen LogP contribution in [0.3, 0.4) is 0 Å². The molecule has 2 amide bonds. The number of hydrogen-bond donors (Lipinski definition) is 2. The quantitative estimate of drug-likeness (QED) is 0.622. The summed E-state index contributed by atoms with van der Waals surface area (Å²) in [6.07, 6.45) is 0.197. The number of nitrogens with zero attached hydrogens (tertiary/aromatic N) is 1. The summed E-state index contributed by atoms with van der Waals surface area (Å²) >= 11 is 5.91. The van der Waals surface area contributed by atoms with E-state index in [0.29, 0.717) is 17.3 Å². The molecule has 5 nitrogen and oxygen atoms in total. The Hall–Kier alpha value is -3.31. The Morgan fingerprint density at radius 2 is 1.48 bits per heavy atom. The van der Waals surface area contributed by atoms with Crippen LogP contribution >= 0.6 is 11.6 Å². The fraction of sp³-hybridized carbons (Fsp3) is 0.130. The lowest BCUT2D eigenvalue weighted by Crippen LogP contribution is -2.28. The average Bonchev–Trinajstić information content (AvgIpc) is 3.13. The minimum Gasteiger partial charge on any atom is -0.356 e. The minimum atomic E-state index is -0.389. The van der Waals surface area contributed by atoms with E-state index in [1.165, 1.54) is 0 Å². The van der Waals surface area contributed by atoms with Crippen molar-refractivity contribution in [2.24, 2.45) is 5.92 Å². The Morgan fingerprint density at radius 3 is 2.17 bits per heavy atom. The van der Waals surface area contributed by atoms with Crippen molar-refractivity contribution in [2.75, 3.05) is 22.1 Å². The summed E-state index contributed by atoms with van der Waals surface area (Å²) in [7, 11) is 0. The smallest absolute Gasteiger partial charge is 0.229 e. The number of para-hydroxylation sites is 1. The summed E-state index contributed by atoms with van der Waals surface area (Å²) in [4.78, 5) is 26.6. The van der Waals surface area contributed by atoms with E-state index in [-0.39, 0.29) is 24.2 Å². The van der Waals surface area contributed by atoms with E-state index in [0.717, 1.165) is 17.1 Å². The van der Waals surface area contributed by atoms with Gasteiger partial charge >= 0.3 is 0 Å². The first kappa shape index (κ1) is 19.0. The third-order valence-corrected chi connectivity index (χ3v) is 5.10. The van der Waals surface area contributed by atoms with Gasteiger partial charge in [0.1, 0.15) is 0 Å². The second-order valence-electron chi connectivity index (χ2n) is 6.94. The van der Waals surface area contributed by atoms with Crippen LogP contribution in [0.1, 0.15) is 6.42 Å². The van der Waals surface area contributed by atoms with Gasteiger partial charge in [0, 0.05) is 40.7 Å². The van der Waals surface area contributed by atoms with Gasteiger partial charge in [-0.15, -0.1) is 0 Å². The summed E-state index contributed by atoms with van der Waals surface area (Å²) in [6.45, 7) is 0.361. The molecule has 29 heavy (non-hydrogen) atoms. The lowest BCUT2D eigenvalue weighted by atomic mass is 10.1.